The smallest absolute Gasteiger partial charge is 0.332 e. The van der Waals surface area contributed by atoms with Gasteiger partial charge in [-0.2, -0.15) is 0 Å². The monoisotopic (exact) mass is 448 g/mol. The zero-order valence-electron chi connectivity index (χ0n) is 18.7. The highest BCUT2D eigenvalue weighted by atomic mass is 16.5. The molecule has 10 heteroatoms. The van der Waals surface area contributed by atoms with Crippen molar-refractivity contribution in [2.75, 3.05) is 13.1 Å². The number of aryl methyl sites for hydroxylation is 2. The summed E-state index contributed by atoms with van der Waals surface area (Å²) in [6.07, 6.45) is 1.37. The summed E-state index contributed by atoms with van der Waals surface area (Å²) in [6.45, 7) is 3.07. The minimum Gasteiger partial charge on any atom is -0.355 e. The van der Waals surface area contributed by atoms with Gasteiger partial charge in [0.15, 0.2) is 17.1 Å². The largest absolute Gasteiger partial charge is 0.355 e. The predicted molar refractivity (Wildman–Crippen MR) is 121 cm³/mol. The topological polar surface area (TPSA) is 119 Å². The summed E-state index contributed by atoms with van der Waals surface area (Å²) in [5.74, 6) is 1.11. The number of amides is 1. The van der Waals surface area contributed by atoms with Crippen molar-refractivity contribution in [1.29, 1.82) is 0 Å². The number of fused-ring (bicyclic) bond motifs is 1. The van der Waals surface area contributed by atoms with E-state index in [1.165, 1.54) is 11.6 Å². The van der Waals surface area contributed by atoms with Gasteiger partial charge in [-0.05, 0) is 19.8 Å². The highest BCUT2D eigenvalue weighted by Crippen LogP contribution is 2.28. The van der Waals surface area contributed by atoms with Crippen LogP contribution >= 0.6 is 0 Å². The maximum absolute atomic E-state index is 12.9. The van der Waals surface area contributed by atoms with Crippen molar-refractivity contribution in [1.82, 2.24) is 29.2 Å². The van der Waals surface area contributed by atoms with Crippen LogP contribution in [0.25, 0.3) is 22.5 Å². The first kappa shape index (κ1) is 20.9. The summed E-state index contributed by atoms with van der Waals surface area (Å²) in [7, 11) is 3.04. The van der Waals surface area contributed by atoms with Gasteiger partial charge in [-0.1, -0.05) is 35.0 Å². The molecule has 0 aliphatic carbocycles. The van der Waals surface area contributed by atoms with Crippen molar-refractivity contribution in [3.8, 4) is 11.3 Å². The van der Waals surface area contributed by atoms with E-state index in [2.05, 4.69) is 15.1 Å². The molecule has 1 aliphatic rings. The SMILES string of the molecule is Cc1ccc(-c2cc(C(=O)N3CCC(c4nc5c([nH]4)c(=O)n(C)c(=O)n5C)CC3)no2)cc1. The molecule has 170 valence electrons. The molecule has 1 amide bonds. The quantitative estimate of drug-likeness (QED) is 0.512. The van der Waals surface area contributed by atoms with E-state index in [-0.39, 0.29) is 17.5 Å². The fourth-order valence-corrected chi connectivity index (χ4v) is 4.29. The molecular weight excluding hydrogens is 424 g/mol. The summed E-state index contributed by atoms with van der Waals surface area (Å²) in [6, 6.07) is 9.51. The van der Waals surface area contributed by atoms with E-state index in [1.807, 2.05) is 31.2 Å². The highest BCUT2D eigenvalue weighted by molar-refractivity contribution is 5.93. The first-order valence-electron chi connectivity index (χ1n) is 10.8. The van der Waals surface area contributed by atoms with E-state index >= 15 is 0 Å². The lowest BCUT2D eigenvalue weighted by Crippen LogP contribution is -2.38. The second-order valence-electron chi connectivity index (χ2n) is 8.54. The van der Waals surface area contributed by atoms with Crippen LogP contribution in [0.3, 0.4) is 0 Å². The number of rotatable bonds is 3. The van der Waals surface area contributed by atoms with Crippen LogP contribution in [0.1, 0.15) is 40.6 Å². The number of H-pyrrole nitrogens is 1. The van der Waals surface area contributed by atoms with Gasteiger partial charge in [0.05, 0.1) is 0 Å². The molecule has 33 heavy (non-hydrogen) atoms. The maximum Gasteiger partial charge on any atom is 0.332 e. The fourth-order valence-electron chi connectivity index (χ4n) is 4.29. The Morgan fingerprint density at radius 3 is 2.48 bits per heavy atom. The third-order valence-corrected chi connectivity index (χ3v) is 6.35. The Kier molecular flexibility index (Phi) is 4.99. The van der Waals surface area contributed by atoms with Crippen LogP contribution in [0.15, 0.2) is 44.4 Å². The molecule has 0 atom stereocenters. The molecule has 0 saturated carbocycles. The number of piperidine rings is 1. The van der Waals surface area contributed by atoms with Gasteiger partial charge in [0.2, 0.25) is 0 Å². The number of likely N-dealkylation sites (tertiary alicyclic amines) is 1. The second kappa shape index (κ2) is 7.88. The van der Waals surface area contributed by atoms with E-state index in [1.54, 1.807) is 18.0 Å². The van der Waals surface area contributed by atoms with Crippen molar-refractivity contribution in [2.24, 2.45) is 14.1 Å². The lowest BCUT2D eigenvalue weighted by atomic mass is 9.96. The zero-order valence-corrected chi connectivity index (χ0v) is 18.7. The number of imidazole rings is 1. The molecule has 5 rings (SSSR count). The molecule has 3 aromatic heterocycles. The third kappa shape index (κ3) is 3.57. The number of hydrogen-bond donors (Lipinski definition) is 1. The average Bonchev–Trinajstić information content (AvgIpc) is 3.50. The third-order valence-electron chi connectivity index (χ3n) is 6.35. The van der Waals surface area contributed by atoms with Crippen LogP contribution in [-0.4, -0.2) is 48.2 Å². The van der Waals surface area contributed by atoms with Gasteiger partial charge in [0.1, 0.15) is 11.3 Å². The van der Waals surface area contributed by atoms with Crippen molar-refractivity contribution in [3.63, 3.8) is 0 Å². The number of carbonyl (C=O) groups is 1. The van der Waals surface area contributed by atoms with Crippen LogP contribution in [-0.2, 0) is 14.1 Å². The Morgan fingerprint density at radius 2 is 1.79 bits per heavy atom. The highest BCUT2D eigenvalue weighted by Gasteiger charge is 2.29. The normalized spacial score (nSPS) is 14.8. The van der Waals surface area contributed by atoms with Gasteiger partial charge in [0.25, 0.3) is 11.5 Å². The van der Waals surface area contributed by atoms with E-state index < -0.39 is 11.2 Å². The van der Waals surface area contributed by atoms with Crippen LogP contribution in [0.4, 0.5) is 0 Å². The van der Waals surface area contributed by atoms with E-state index in [0.29, 0.717) is 48.7 Å². The standard InChI is InChI=1S/C23H24N6O4/c1-13-4-6-14(7-5-13)17-12-16(26-33-17)21(30)29-10-8-15(9-11-29)19-24-18-20(25-19)27(2)23(32)28(3)22(18)31/h4-7,12,15H,8-11H2,1-3H3,(H,24,25). The Balaban J connectivity index is 1.30. The summed E-state index contributed by atoms with van der Waals surface area (Å²) >= 11 is 0. The number of carbonyl (C=O) groups excluding carboxylic acids is 1. The predicted octanol–water partition coefficient (Wildman–Crippen LogP) is 1.94. The van der Waals surface area contributed by atoms with Gasteiger partial charge in [-0.3, -0.25) is 18.7 Å². The van der Waals surface area contributed by atoms with Crippen molar-refractivity contribution < 1.29 is 9.32 Å². The number of aromatic nitrogens is 5. The van der Waals surface area contributed by atoms with Gasteiger partial charge < -0.3 is 14.4 Å². The van der Waals surface area contributed by atoms with Gasteiger partial charge >= 0.3 is 5.69 Å². The van der Waals surface area contributed by atoms with E-state index in [4.69, 9.17) is 4.52 Å². The fraction of sp³-hybridized carbons (Fsp3) is 0.348. The lowest BCUT2D eigenvalue weighted by molar-refractivity contribution is 0.0701. The molecule has 4 heterocycles. The number of benzene rings is 1. The summed E-state index contributed by atoms with van der Waals surface area (Å²) in [5.41, 5.74) is 2.16. The Bertz CT molecular complexity index is 1470. The first-order chi connectivity index (χ1) is 15.8. The molecule has 10 nitrogen and oxygen atoms in total. The van der Waals surface area contributed by atoms with Crippen molar-refractivity contribution in [2.45, 2.75) is 25.7 Å². The summed E-state index contributed by atoms with van der Waals surface area (Å²) in [4.78, 5) is 46.9. The molecule has 1 fully saturated rings. The Morgan fingerprint density at radius 1 is 1.09 bits per heavy atom. The lowest BCUT2D eigenvalue weighted by Gasteiger charge is -2.30. The Labute approximate surface area is 188 Å². The number of aromatic amines is 1. The van der Waals surface area contributed by atoms with Gasteiger partial charge in [0, 0.05) is 44.7 Å². The van der Waals surface area contributed by atoms with Crippen molar-refractivity contribution in [3.05, 3.63) is 68.3 Å². The molecular formula is C23H24N6O4. The molecule has 1 aliphatic heterocycles. The molecule has 0 unspecified atom stereocenters. The summed E-state index contributed by atoms with van der Waals surface area (Å²) < 4.78 is 7.83. The summed E-state index contributed by atoms with van der Waals surface area (Å²) in [5, 5.41) is 3.98. The number of hydrogen-bond acceptors (Lipinski definition) is 6. The molecule has 1 N–H and O–H groups in total. The van der Waals surface area contributed by atoms with Crippen molar-refractivity contribution >= 4 is 17.1 Å². The van der Waals surface area contributed by atoms with Gasteiger partial charge in [-0.25, -0.2) is 9.78 Å². The minimum absolute atomic E-state index is 0.0571. The maximum atomic E-state index is 12.9. The number of nitrogens with zero attached hydrogens (tertiary/aromatic N) is 5. The molecule has 1 aromatic carbocycles. The average molecular weight is 448 g/mol. The molecule has 0 bridgehead atoms. The second-order valence-corrected chi connectivity index (χ2v) is 8.54. The minimum atomic E-state index is -0.413. The molecule has 4 aromatic rings. The van der Waals surface area contributed by atoms with E-state index in [0.717, 1.165) is 15.7 Å². The van der Waals surface area contributed by atoms with Crippen LogP contribution in [0.5, 0.6) is 0 Å². The van der Waals surface area contributed by atoms with Crippen LogP contribution < -0.4 is 11.2 Å². The Hall–Kier alpha value is -3.95. The van der Waals surface area contributed by atoms with Crippen LogP contribution in [0.2, 0.25) is 0 Å². The zero-order chi connectivity index (χ0) is 23.3. The molecule has 0 spiro atoms. The van der Waals surface area contributed by atoms with Gasteiger partial charge in [-0.15, -0.1) is 0 Å². The van der Waals surface area contributed by atoms with Crippen LogP contribution in [0, 0.1) is 6.92 Å². The molecule has 1 saturated heterocycles. The number of nitrogens with one attached hydrogen (secondary N) is 1. The molecule has 0 radical (unpaired) electrons. The van der Waals surface area contributed by atoms with E-state index in [9.17, 15) is 14.4 Å². The first-order valence-corrected chi connectivity index (χ1v) is 10.8.